The standard InChI is InChI=1S/C16H22O2/c1-12(2)13-4-3-5-15(10-13)17-11-16-8-6-14(18-16)7-9-16/h3-5,10,12,14H,6-9,11H2,1-2H3/i6D2,7D2,8D2,9D2,14D. The van der Waals surface area contributed by atoms with E-state index >= 15 is 0 Å². The Morgan fingerprint density at radius 2 is 2.28 bits per heavy atom. The summed E-state index contributed by atoms with van der Waals surface area (Å²) in [5.41, 5.74) is -1.68. The second kappa shape index (κ2) is 4.58. The highest BCUT2D eigenvalue weighted by Gasteiger charge is 2.46. The van der Waals surface area contributed by atoms with Crippen molar-refractivity contribution >= 4 is 0 Å². The van der Waals surface area contributed by atoms with Crippen LogP contribution < -0.4 is 4.74 Å². The summed E-state index contributed by atoms with van der Waals surface area (Å²) in [5, 5.41) is 0. The van der Waals surface area contributed by atoms with Crippen molar-refractivity contribution in [1.82, 2.24) is 0 Å². The molecule has 2 aliphatic heterocycles. The summed E-state index contributed by atoms with van der Waals surface area (Å²) >= 11 is 0. The summed E-state index contributed by atoms with van der Waals surface area (Å²) in [7, 11) is 0. The van der Waals surface area contributed by atoms with Crippen molar-refractivity contribution in [3.8, 4) is 5.75 Å². The van der Waals surface area contributed by atoms with E-state index < -0.39 is 43.8 Å². The zero-order valence-corrected chi connectivity index (χ0v) is 10.4. The molecule has 0 aromatic heterocycles. The Morgan fingerprint density at radius 3 is 3.00 bits per heavy atom. The van der Waals surface area contributed by atoms with Gasteiger partial charge in [0.2, 0.25) is 0 Å². The molecule has 2 nitrogen and oxygen atoms in total. The minimum absolute atomic E-state index is 0.197. The van der Waals surface area contributed by atoms with Gasteiger partial charge in [-0.2, -0.15) is 0 Å². The number of hydrogen-bond donors (Lipinski definition) is 0. The lowest BCUT2D eigenvalue weighted by Gasteiger charge is -2.24. The van der Waals surface area contributed by atoms with Crippen LogP contribution in [-0.4, -0.2) is 18.3 Å². The first kappa shape index (κ1) is 5.54. The molecule has 0 radical (unpaired) electrons. The van der Waals surface area contributed by atoms with Crippen LogP contribution in [0.1, 0.15) is 63.2 Å². The lowest BCUT2D eigenvalue weighted by Crippen LogP contribution is -2.32. The average molecular weight is 255 g/mol. The van der Waals surface area contributed by atoms with Crippen LogP contribution in [-0.2, 0) is 4.74 Å². The summed E-state index contributed by atoms with van der Waals surface area (Å²) in [6.07, 6.45) is -15.2. The van der Waals surface area contributed by atoms with Crippen LogP contribution >= 0.6 is 0 Å². The molecule has 0 atom stereocenters. The summed E-state index contributed by atoms with van der Waals surface area (Å²) < 4.78 is 84.0. The molecular weight excluding hydrogens is 224 g/mol. The molecule has 0 spiro atoms. The summed E-state index contributed by atoms with van der Waals surface area (Å²) in [5.74, 6) is 0.504. The fourth-order valence-corrected chi connectivity index (χ4v) is 1.90. The number of hydrogen-bond acceptors (Lipinski definition) is 2. The van der Waals surface area contributed by atoms with E-state index in [9.17, 15) is 0 Å². The van der Waals surface area contributed by atoms with Crippen molar-refractivity contribution in [3.05, 3.63) is 29.8 Å². The molecule has 2 heterocycles. The van der Waals surface area contributed by atoms with E-state index in [4.69, 9.17) is 21.8 Å². The molecule has 1 aromatic rings. The van der Waals surface area contributed by atoms with Crippen LogP contribution in [0.15, 0.2) is 24.3 Å². The monoisotopic (exact) mass is 255 g/mol. The highest BCUT2D eigenvalue weighted by molar-refractivity contribution is 5.30. The molecule has 0 amide bonds. The predicted molar refractivity (Wildman–Crippen MR) is 72.1 cm³/mol. The highest BCUT2D eigenvalue weighted by atomic mass is 16.6. The van der Waals surface area contributed by atoms with Crippen molar-refractivity contribution in [1.29, 1.82) is 0 Å². The maximum absolute atomic E-state index is 8.22. The van der Waals surface area contributed by atoms with Crippen LogP contribution in [0.3, 0.4) is 0 Å². The third-order valence-electron chi connectivity index (χ3n) is 3.00. The highest BCUT2D eigenvalue weighted by Crippen LogP contribution is 2.43. The molecule has 0 N–H and O–H groups in total. The molecule has 2 aliphatic rings. The first-order valence-electron chi connectivity index (χ1n) is 10.5. The smallest absolute Gasteiger partial charge is 0.119 e. The second-order valence-electron chi connectivity index (χ2n) is 4.77. The molecule has 2 heteroatoms. The Morgan fingerprint density at radius 1 is 1.50 bits per heavy atom. The first-order valence-corrected chi connectivity index (χ1v) is 6.02. The maximum atomic E-state index is 8.22. The molecule has 0 aliphatic carbocycles. The Balaban J connectivity index is 2.04. The van der Waals surface area contributed by atoms with Gasteiger partial charge in [-0.1, -0.05) is 26.0 Å². The zero-order valence-electron chi connectivity index (χ0n) is 19.4. The quantitative estimate of drug-likeness (QED) is 0.812. The molecule has 0 unspecified atom stereocenters. The normalized spacial score (nSPS) is 52.7. The molecule has 2 bridgehead atoms. The summed E-state index contributed by atoms with van der Waals surface area (Å²) in [4.78, 5) is 0. The minimum Gasteiger partial charge on any atom is -0.491 e. The van der Waals surface area contributed by atoms with Gasteiger partial charge in [-0.05, 0) is 49.1 Å². The molecule has 2 saturated heterocycles. The topological polar surface area (TPSA) is 18.5 Å². The largest absolute Gasteiger partial charge is 0.491 e. The lowest BCUT2D eigenvalue weighted by molar-refractivity contribution is -0.0198. The van der Waals surface area contributed by atoms with Gasteiger partial charge in [0.05, 0.1) is 7.45 Å². The van der Waals surface area contributed by atoms with Crippen molar-refractivity contribution in [2.75, 3.05) is 6.61 Å². The van der Waals surface area contributed by atoms with Gasteiger partial charge in [0.1, 0.15) is 18.0 Å². The maximum Gasteiger partial charge on any atom is 0.119 e. The van der Waals surface area contributed by atoms with Gasteiger partial charge >= 0.3 is 0 Å². The molecule has 3 rings (SSSR count). The molecule has 98 valence electrons. The van der Waals surface area contributed by atoms with Crippen molar-refractivity contribution in [2.45, 2.75) is 56.9 Å². The number of fused-ring (bicyclic) bond motifs is 2. The number of rotatable bonds is 4. The van der Waals surface area contributed by atoms with Crippen molar-refractivity contribution in [3.63, 3.8) is 0 Å². The average Bonchev–Trinajstić information content (AvgIpc) is 2.77. The lowest BCUT2D eigenvalue weighted by atomic mass is 9.89. The van der Waals surface area contributed by atoms with Crippen molar-refractivity contribution < 1.29 is 21.8 Å². The molecule has 1 aromatic carbocycles. The van der Waals surface area contributed by atoms with E-state index in [1.54, 1.807) is 18.2 Å². The van der Waals surface area contributed by atoms with Gasteiger partial charge in [-0.25, -0.2) is 0 Å². The Bertz CT molecular complexity index is 732. The predicted octanol–water partition coefficient (Wildman–Crippen LogP) is 3.90. The molecule has 18 heavy (non-hydrogen) atoms. The van der Waals surface area contributed by atoms with E-state index in [-0.39, 0.29) is 5.92 Å². The fourth-order valence-electron chi connectivity index (χ4n) is 1.90. The minimum atomic E-state index is -3.09. The van der Waals surface area contributed by atoms with Gasteiger partial charge < -0.3 is 9.47 Å². The molecule has 0 saturated carbocycles. The van der Waals surface area contributed by atoms with E-state index in [2.05, 4.69) is 0 Å². The third kappa shape index (κ3) is 2.26. The first-order chi connectivity index (χ1) is 12.1. The van der Waals surface area contributed by atoms with Crippen LogP contribution in [0.5, 0.6) is 5.75 Å². The van der Waals surface area contributed by atoms with Gasteiger partial charge in [0.25, 0.3) is 0 Å². The third-order valence-corrected chi connectivity index (χ3v) is 3.00. The van der Waals surface area contributed by atoms with Crippen LogP contribution in [0.4, 0.5) is 0 Å². The van der Waals surface area contributed by atoms with E-state index in [1.807, 2.05) is 19.9 Å². The fraction of sp³-hybridized carbons (Fsp3) is 0.625. The SMILES string of the molecule is [2H]C1([2H])C([2H])([2H])C2(COc3cccc(C(C)C)c3)OC1([2H])C([2H])([2H])C2([2H])[2H]. The van der Waals surface area contributed by atoms with Gasteiger partial charge in [0, 0.05) is 11.0 Å². The Labute approximate surface area is 122 Å². The van der Waals surface area contributed by atoms with E-state index in [0.717, 1.165) is 5.56 Å². The Kier molecular flexibility index (Phi) is 1.41. The number of benzene rings is 1. The summed E-state index contributed by atoms with van der Waals surface area (Å²) in [6, 6.07) is 6.90. The van der Waals surface area contributed by atoms with Gasteiger partial charge in [-0.3, -0.25) is 0 Å². The van der Waals surface area contributed by atoms with E-state index in [1.165, 1.54) is 0 Å². The van der Waals surface area contributed by atoms with Gasteiger partial charge in [0.15, 0.2) is 0 Å². The number of ether oxygens (including phenoxy) is 2. The van der Waals surface area contributed by atoms with Crippen LogP contribution in [0.25, 0.3) is 0 Å². The summed E-state index contributed by atoms with van der Waals surface area (Å²) in [6.45, 7) is 3.18. The van der Waals surface area contributed by atoms with Gasteiger partial charge in [-0.15, -0.1) is 0 Å². The molecule has 2 fully saturated rings. The van der Waals surface area contributed by atoms with Crippen molar-refractivity contribution in [2.24, 2.45) is 0 Å². The zero-order chi connectivity index (χ0) is 20.7. The molecular formula is C16H22O2. The van der Waals surface area contributed by atoms with Crippen LogP contribution in [0.2, 0.25) is 0 Å². The van der Waals surface area contributed by atoms with E-state index in [0.29, 0.717) is 5.75 Å². The van der Waals surface area contributed by atoms with Crippen LogP contribution in [0, 0.1) is 0 Å². The Hall–Kier alpha value is -1.02. The second-order valence-corrected chi connectivity index (χ2v) is 4.77.